The Balaban J connectivity index is 1.90. The third-order valence-corrected chi connectivity index (χ3v) is 5.98. The van der Waals surface area contributed by atoms with Crippen molar-refractivity contribution in [3.63, 3.8) is 0 Å². The molecule has 0 atom stereocenters. The monoisotopic (exact) mass is 434 g/mol. The number of rotatable bonds is 4. The topological polar surface area (TPSA) is 81.3 Å². The Bertz CT molecular complexity index is 1150. The SMILES string of the molecule is COC(=O)c1ccc2c(C3CCCCC3)c(-c3cnccc3C(=O)OC(C)(C)C)[nH]c2c1. The second-order valence-electron chi connectivity index (χ2n) is 9.42. The minimum absolute atomic E-state index is 0.376. The van der Waals surface area contributed by atoms with Gasteiger partial charge < -0.3 is 14.5 Å². The van der Waals surface area contributed by atoms with E-state index in [1.807, 2.05) is 32.9 Å². The van der Waals surface area contributed by atoms with Crippen LogP contribution in [0.1, 0.15) is 85.1 Å². The zero-order valence-corrected chi connectivity index (χ0v) is 19.2. The smallest absolute Gasteiger partial charge is 0.339 e. The molecule has 1 N–H and O–H groups in total. The van der Waals surface area contributed by atoms with Crippen molar-refractivity contribution in [1.82, 2.24) is 9.97 Å². The maximum absolute atomic E-state index is 13.0. The summed E-state index contributed by atoms with van der Waals surface area (Å²) in [6, 6.07) is 7.31. The molecule has 1 aromatic carbocycles. The van der Waals surface area contributed by atoms with E-state index < -0.39 is 5.60 Å². The molecule has 1 aliphatic rings. The Kier molecular flexibility index (Phi) is 6.04. The zero-order chi connectivity index (χ0) is 22.9. The Morgan fingerprint density at radius 3 is 2.50 bits per heavy atom. The number of aromatic amines is 1. The number of pyridine rings is 1. The first-order chi connectivity index (χ1) is 15.3. The number of benzene rings is 1. The van der Waals surface area contributed by atoms with Gasteiger partial charge in [-0.3, -0.25) is 4.98 Å². The highest BCUT2D eigenvalue weighted by molar-refractivity contribution is 6.02. The standard InChI is InChI=1S/C26H30N2O4/c1-26(2,3)32-25(30)18-12-13-27-15-20(18)23-22(16-8-6-5-7-9-16)19-11-10-17(24(29)31-4)14-21(19)28-23/h10-16,28H,5-9H2,1-4H3. The lowest BCUT2D eigenvalue weighted by Gasteiger charge is -2.24. The van der Waals surface area contributed by atoms with E-state index in [-0.39, 0.29) is 11.9 Å². The Morgan fingerprint density at radius 1 is 1.06 bits per heavy atom. The molecular formula is C26H30N2O4. The van der Waals surface area contributed by atoms with Gasteiger partial charge in [0.25, 0.3) is 0 Å². The average molecular weight is 435 g/mol. The lowest BCUT2D eigenvalue weighted by Crippen LogP contribution is -2.24. The quantitative estimate of drug-likeness (QED) is 0.508. The molecule has 6 nitrogen and oxygen atoms in total. The van der Waals surface area contributed by atoms with Crippen LogP contribution in [0.3, 0.4) is 0 Å². The van der Waals surface area contributed by atoms with Gasteiger partial charge in [0.1, 0.15) is 5.60 Å². The zero-order valence-electron chi connectivity index (χ0n) is 19.2. The van der Waals surface area contributed by atoms with Crippen LogP contribution in [0.4, 0.5) is 0 Å². The number of fused-ring (bicyclic) bond motifs is 1. The molecule has 0 amide bonds. The van der Waals surface area contributed by atoms with Crippen LogP contribution in [0.5, 0.6) is 0 Å². The molecule has 6 heteroatoms. The molecule has 3 aromatic rings. The Morgan fingerprint density at radius 2 is 1.81 bits per heavy atom. The van der Waals surface area contributed by atoms with Crippen molar-refractivity contribution in [3.05, 3.63) is 53.3 Å². The Labute approximate surface area is 188 Å². The third kappa shape index (κ3) is 4.40. The fourth-order valence-electron chi connectivity index (χ4n) is 4.60. The van der Waals surface area contributed by atoms with E-state index in [1.54, 1.807) is 24.5 Å². The number of carbonyl (C=O) groups is 2. The number of esters is 2. The Hall–Kier alpha value is -3.15. The van der Waals surface area contributed by atoms with Gasteiger partial charge >= 0.3 is 11.9 Å². The molecule has 1 fully saturated rings. The minimum Gasteiger partial charge on any atom is -0.465 e. The van der Waals surface area contributed by atoms with Crippen molar-refractivity contribution >= 4 is 22.8 Å². The molecule has 1 aliphatic carbocycles. The van der Waals surface area contributed by atoms with Crippen LogP contribution in [-0.2, 0) is 9.47 Å². The molecule has 0 bridgehead atoms. The van der Waals surface area contributed by atoms with Crippen LogP contribution >= 0.6 is 0 Å². The molecule has 168 valence electrons. The van der Waals surface area contributed by atoms with Crippen molar-refractivity contribution in [2.45, 2.75) is 64.4 Å². The molecule has 4 rings (SSSR count). The van der Waals surface area contributed by atoms with E-state index in [0.29, 0.717) is 17.0 Å². The minimum atomic E-state index is -0.598. The van der Waals surface area contributed by atoms with Crippen molar-refractivity contribution in [1.29, 1.82) is 0 Å². The number of nitrogens with zero attached hydrogens (tertiary/aromatic N) is 1. The summed E-state index contributed by atoms with van der Waals surface area (Å²) in [6.07, 6.45) is 9.14. The summed E-state index contributed by atoms with van der Waals surface area (Å²) in [4.78, 5) is 32.9. The third-order valence-electron chi connectivity index (χ3n) is 5.98. The predicted molar refractivity (Wildman–Crippen MR) is 124 cm³/mol. The molecular weight excluding hydrogens is 404 g/mol. The number of carbonyl (C=O) groups excluding carboxylic acids is 2. The van der Waals surface area contributed by atoms with Gasteiger partial charge in [0, 0.05) is 28.9 Å². The molecule has 0 aliphatic heterocycles. The molecule has 32 heavy (non-hydrogen) atoms. The normalized spacial score (nSPS) is 15.0. The molecule has 2 heterocycles. The van der Waals surface area contributed by atoms with Gasteiger partial charge in [-0.15, -0.1) is 0 Å². The van der Waals surface area contributed by atoms with Crippen LogP contribution in [-0.4, -0.2) is 34.6 Å². The molecule has 0 spiro atoms. The second-order valence-corrected chi connectivity index (χ2v) is 9.42. The van der Waals surface area contributed by atoms with Gasteiger partial charge in [0.15, 0.2) is 0 Å². The van der Waals surface area contributed by atoms with Crippen LogP contribution < -0.4 is 0 Å². The van der Waals surface area contributed by atoms with Gasteiger partial charge in [0.05, 0.1) is 23.9 Å². The largest absolute Gasteiger partial charge is 0.465 e. The summed E-state index contributed by atoms with van der Waals surface area (Å²) in [6.45, 7) is 5.57. The molecule has 0 radical (unpaired) electrons. The number of hydrogen-bond acceptors (Lipinski definition) is 5. The summed E-state index contributed by atoms with van der Waals surface area (Å²) in [5.74, 6) is -0.375. The van der Waals surface area contributed by atoms with E-state index >= 15 is 0 Å². The highest BCUT2D eigenvalue weighted by atomic mass is 16.6. The first-order valence-corrected chi connectivity index (χ1v) is 11.2. The lowest BCUT2D eigenvalue weighted by atomic mass is 9.81. The molecule has 2 aromatic heterocycles. The van der Waals surface area contributed by atoms with Crippen molar-refractivity contribution in [2.24, 2.45) is 0 Å². The maximum Gasteiger partial charge on any atom is 0.339 e. The van der Waals surface area contributed by atoms with Crippen LogP contribution in [0.15, 0.2) is 36.7 Å². The number of methoxy groups -OCH3 is 1. The van der Waals surface area contributed by atoms with Crippen LogP contribution in [0, 0.1) is 0 Å². The summed E-state index contributed by atoms with van der Waals surface area (Å²) < 4.78 is 10.6. The molecule has 1 saturated carbocycles. The van der Waals surface area contributed by atoms with Crippen molar-refractivity contribution < 1.29 is 19.1 Å². The molecule has 0 unspecified atom stereocenters. The highest BCUT2D eigenvalue weighted by Gasteiger charge is 2.28. The summed E-state index contributed by atoms with van der Waals surface area (Å²) >= 11 is 0. The first-order valence-electron chi connectivity index (χ1n) is 11.2. The van der Waals surface area contributed by atoms with E-state index in [2.05, 4.69) is 9.97 Å². The van der Waals surface area contributed by atoms with Gasteiger partial charge in [-0.2, -0.15) is 0 Å². The van der Waals surface area contributed by atoms with E-state index in [1.165, 1.54) is 31.9 Å². The van der Waals surface area contributed by atoms with Gasteiger partial charge in [0.2, 0.25) is 0 Å². The number of nitrogens with one attached hydrogen (secondary N) is 1. The highest BCUT2D eigenvalue weighted by Crippen LogP contribution is 2.43. The first kappa shape index (κ1) is 22.1. The fourth-order valence-corrected chi connectivity index (χ4v) is 4.60. The molecule has 0 saturated heterocycles. The maximum atomic E-state index is 13.0. The predicted octanol–water partition coefficient (Wildman–Crippen LogP) is 6.02. The van der Waals surface area contributed by atoms with E-state index in [9.17, 15) is 9.59 Å². The van der Waals surface area contributed by atoms with Gasteiger partial charge in [-0.05, 0) is 63.3 Å². The van der Waals surface area contributed by atoms with Gasteiger partial charge in [-0.1, -0.05) is 25.3 Å². The van der Waals surface area contributed by atoms with E-state index in [0.717, 1.165) is 35.0 Å². The van der Waals surface area contributed by atoms with Crippen molar-refractivity contribution in [3.8, 4) is 11.3 Å². The number of aromatic nitrogens is 2. The number of hydrogen-bond donors (Lipinski definition) is 1. The second kappa shape index (κ2) is 8.77. The van der Waals surface area contributed by atoms with Crippen LogP contribution in [0.25, 0.3) is 22.2 Å². The summed E-state index contributed by atoms with van der Waals surface area (Å²) in [5, 5.41) is 1.07. The summed E-state index contributed by atoms with van der Waals surface area (Å²) in [7, 11) is 1.38. The number of H-pyrrole nitrogens is 1. The van der Waals surface area contributed by atoms with Crippen molar-refractivity contribution in [2.75, 3.05) is 7.11 Å². The lowest BCUT2D eigenvalue weighted by molar-refractivity contribution is 0.00701. The number of ether oxygens (including phenoxy) is 2. The van der Waals surface area contributed by atoms with E-state index in [4.69, 9.17) is 9.47 Å². The van der Waals surface area contributed by atoms with Gasteiger partial charge in [-0.25, -0.2) is 9.59 Å². The average Bonchev–Trinajstić information content (AvgIpc) is 3.16. The van der Waals surface area contributed by atoms with Crippen LogP contribution in [0.2, 0.25) is 0 Å². The summed E-state index contributed by atoms with van der Waals surface area (Å²) in [5.41, 5.74) is 4.00. The fraction of sp³-hybridized carbons (Fsp3) is 0.423.